The molecule has 0 saturated heterocycles. The highest BCUT2D eigenvalue weighted by Crippen LogP contribution is 2.35. The minimum atomic E-state index is -0.117. The quantitative estimate of drug-likeness (QED) is 0.767. The van der Waals surface area contributed by atoms with Crippen LogP contribution >= 0.6 is 0 Å². The first-order valence-corrected chi connectivity index (χ1v) is 6.86. The van der Waals surface area contributed by atoms with Gasteiger partial charge in [0.1, 0.15) is 5.82 Å². The largest absolute Gasteiger partial charge is 0.358 e. The van der Waals surface area contributed by atoms with E-state index in [0.717, 1.165) is 35.2 Å². The summed E-state index contributed by atoms with van der Waals surface area (Å²) in [4.78, 5) is 3.50. The van der Waals surface area contributed by atoms with Crippen molar-refractivity contribution < 1.29 is 4.39 Å². The van der Waals surface area contributed by atoms with Crippen LogP contribution in [0, 0.1) is 24.6 Å². The molecule has 96 valence electrons. The molecule has 1 unspecified atom stereocenters. The fourth-order valence-electron chi connectivity index (χ4n) is 3.25. The molecule has 0 spiro atoms. The number of nitrogens with one attached hydrogen (secondary N) is 1. The molecule has 1 N–H and O–H groups in total. The maximum absolute atomic E-state index is 13.6. The number of hydrogen-bond donors (Lipinski definition) is 1. The normalized spacial score (nSPS) is 19.5. The first-order valence-electron chi connectivity index (χ1n) is 6.86. The third-order valence-corrected chi connectivity index (χ3v) is 4.44. The summed E-state index contributed by atoms with van der Waals surface area (Å²) in [6, 6.07) is 3.31. The van der Waals surface area contributed by atoms with E-state index in [-0.39, 0.29) is 5.82 Å². The van der Waals surface area contributed by atoms with Gasteiger partial charge in [0.25, 0.3) is 0 Å². The second-order valence-corrected chi connectivity index (χ2v) is 5.97. The third-order valence-electron chi connectivity index (χ3n) is 4.44. The van der Waals surface area contributed by atoms with Gasteiger partial charge in [-0.3, -0.25) is 0 Å². The SMILES string of the molecule is Cc1cc(F)cc2c3c([nH]c12)CCC(C(C)C)C3. The van der Waals surface area contributed by atoms with Gasteiger partial charge < -0.3 is 4.98 Å². The van der Waals surface area contributed by atoms with Gasteiger partial charge in [-0.15, -0.1) is 0 Å². The van der Waals surface area contributed by atoms with Crippen LogP contribution in [0.1, 0.15) is 37.1 Å². The number of benzene rings is 1. The van der Waals surface area contributed by atoms with Crippen LogP contribution in [0.25, 0.3) is 10.9 Å². The zero-order valence-electron chi connectivity index (χ0n) is 11.3. The van der Waals surface area contributed by atoms with Gasteiger partial charge in [-0.25, -0.2) is 4.39 Å². The van der Waals surface area contributed by atoms with E-state index in [1.165, 1.54) is 17.7 Å². The lowest BCUT2D eigenvalue weighted by Gasteiger charge is -2.25. The van der Waals surface area contributed by atoms with Gasteiger partial charge in [0.15, 0.2) is 0 Å². The highest BCUT2D eigenvalue weighted by atomic mass is 19.1. The van der Waals surface area contributed by atoms with Gasteiger partial charge in [0, 0.05) is 16.6 Å². The van der Waals surface area contributed by atoms with E-state index in [1.54, 1.807) is 12.1 Å². The van der Waals surface area contributed by atoms with Crippen molar-refractivity contribution in [2.24, 2.45) is 11.8 Å². The predicted molar refractivity (Wildman–Crippen MR) is 73.3 cm³/mol. The first kappa shape index (κ1) is 11.8. The lowest BCUT2D eigenvalue weighted by Crippen LogP contribution is -2.18. The van der Waals surface area contributed by atoms with Crippen LogP contribution in [0.4, 0.5) is 4.39 Å². The number of halogens is 1. The minimum absolute atomic E-state index is 0.117. The molecule has 3 rings (SSSR count). The first-order chi connectivity index (χ1) is 8.56. The second-order valence-electron chi connectivity index (χ2n) is 5.97. The average molecular weight is 245 g/mol. The minimum Gasteiger partial charge on any atom is -0.358 e. The highest BCUT2D eigenvalue weighted by molar-refractivity contribution is 5.87. The summed E-state index contributed by atoms with van der Waals surface area (Å²) in [7, 11) is 0. The van der Waals surface area contributed by atoms with E-state index in [0.29, 0.717) is 5.92 Å². The molecular formula is C16H20FN. The Morgan fingerprint density at radius 1 is 1.33 bits per heavy atom. The number of aryl methyl sites for hydroxylation is 2. The van der Waals surface area contributed by atoms with Crippen LogP contribution in [0.2, 0.25) is 0 Å². The molecule has 1 aliphatic rings. The summed E-state index contributed by atoms with van der Waals surface area (Å²) < 4.78 is 13.6. The molecule has 1 aliphatic carbocycles. The fraction of sp³-hybridized carbons (Fsp3) is 0.500. The van der Waals surface area contributed by atoms with E-state index >= 15 is 0 Å². The van der Waals surface area contributed by atoms with Gasteiger partial charge in [0.2, 0.25) is 0 Å². The molecule has 18 heavy (non-hydrogen) atoms. The van der Waals surface area contributed by atoms with Crippen LogP contribution in [-0.4, -0.2) is 4.98 Å². The summed E-state index contributed by atoms with van der Waals surface area (Å²) in [5.41, 5.74) is 4.83. The summed E-state index contributed by atoms with van der Waals surface area (Å²) in [5, 5.41) is 1.10. The molecule has 1 aromatic carbocycles. The molecule has 2 aromatic rings. The Kier molecular flexibility index (Phi) is 2.69. The Morgan fingerprint density at radius 2 is 2.11 bits per heavy atom. The number of fused-ring (bicyclic) bond motifs is 3. The highest BCUT2D eigenvalue weighted by Gasteiger charge is 2.25. The molecule has 2 heteroatoms. The van der Waals surface area contributed by atoms with E-state index < -0.39 is 0 Å². The van der Waals surface area contributed by atoms with Crippen LogP contribution in [0.3, 0.4) is 0 Å². The lowest BCUT2D eigenvalue weighted by atomic mass is 9.80. The molecule has 1 aromatic heterocycles. The van der Waals surface area contributed by atoms with E-state index in [2.05, 4.69) is 18.8 Å². The molecule has 1 atom stereocenters. The van der Waals surface area contributed by atoms with Crippen molar-refractivity contribution in [1.82, 2.24) is 4.98 Å². The molecule has 1 heterocycles. The van der Waals surface area contributed by atoms with Crippen molar-refractivity contribution >= 4 is 10.9 Å². The maximum Gasteiger partial charge on any atom is 0.124 e. The van der Waals surface area contributed by atoms with Gasteiger partial charge in [0.05, 0.1) is 0 Å². The Hall–Kier alpha value is -1.31. The van der Waals surface area contributed by atoms with Gasteiger partial charge in [-0.1, -0.05) is 13.8 Å². The Morgan fingerprint density at radius 3 is 2.83 bits per heavy atom. The molecule has 0 radical (unpaired) electrons. The number of aromatic nitrogens is 1. The van der Waals surface area contributed by atoms with E-state index in [4.69, 9.17) is 0 Å². The van der Waals surface area contributed by atoms with Crippen LogP contribution < -0.4 is 0 Å². The second kappa shape index (κ2) is 4.11. The topological polar surface area (TPSA) is 15.8 Å². The summed E-state index contributed by atoms with van der Waals surface area (Å²) in [6.45, 7) is 6.56. The monoisotopic (exact) mass is 245 g/mol. The fourth-order valence-corrected chi connectivity index (χ4v) is 3.25. The predicted octanol–water partition coefficient (Wildman–Crippen LogP) is 4.38. The average Bonchev–Trinajstić information content (AvgIpc) is 2.67. The van der Waals surface area contributed by atoms with Crippen LogP contribution in [-0.2, 0) is 12.8 Å². The molecule has 0 fully saturated rings. The van der Waals surface area contributed by atoms with Crippen molar-refractivity contribution in [2.75, 3.05) is 0 Å². The van der Waals surface area contributed by atoms with E-state index in [1.807, 2.05) is 6.92 Å². The molecule has 0 aliphatic heterocycles. The Balaban J connectivity index is 2.15. The summed E-state index contributed by atoms with van der Waals surface area (Å²) in [5.74, 6) is 1.33. The maximum atomic E-state index is 13.6. The Labute approximate surface area is 107 Å². The van der Waals surface area contributed by atoms with Gasteiger partial charge >= 0.3 is 0 Å². The van der Waals surface area contributed by atoms with Gasteiger partial charge in [-0.2, -0.15) is 0 Å². The molecule has 1 nitrogen and oxygen atoms in total. The van der Waals surface area contributed by atoms with Crippen molar-refractivity contribution in [3.05, 3.63) is 34.8 Å². The van der Waals surface area contributed by atoms with Crippen LogP contribution in [0.15, 0.2) is 12.1 Å². The van der Waals surface area contributed by atoms with Crippen molar-refractivity contribution in [1.29, 1.82) is 0 Å². The zero-order chi connectivity index (χ0) is 12.9. The Bertz CT molecular complexity index is 595. The lowest BCUT2D eigenvalue weighted by molar-refractivity contribution is 0.342. The summed E-state index contributed by atoms with van der Waals surface area (Å²) in [6.07, 6.45) is 3.45. The molecule has 0 amide bonds. The third kappa shape index (κ3) is 1.75. The molecular weight excluding hydrogens is 225 g/mol. The van der Waals surface area contributed by atoms with Crippen molar-refractivity contribution in [2.45, 2.75) is 40.0 Å². The van der Waals surface area contributed by atoms with Gasteiger partial charge in [-0.05, 0) is 61.3 Å². The van der Waals surface area contributed by atoms with Crippen molar-refractivity contribution in [3.63, 3.8) is 0 Å². The number of H-pyrrole nitrogens is 1. The zero-order valence-corrected chi connectivity index (χ0v) is 11.3. The van der Waals surface area contributed by atoms with Crippen molar-refractivity contribution in [3.8, 4) is 0 Å². The standard InChI is InChI=1S/C16H20FN/c1-9(2)11-4-5-15-13(7-11)14-8-12(17)6-10(3)16(14)18-15/h6,8-9,11,18H,4-5,7H2,1-3H3. The van der Waals surface area contributed by atoms with Crippen LogP contribution in [0.5, 0.6) is 0 Å². The van der Waals surface area contributed by atoms with E-state index in [9.17, 15) is 4.39 Å². The number of rotatable bonds is 1. The molecule has 0 bridgehead atoms. The molecule has 0 saturated carbocycles. The smallest absolute Gasteiger partial charge is 0.124 e. The number of aromatic amines is 1. The number of hydrogen-bond acceptors (Lipinski definition) is 0. The summed E-state index contributed by atoms with van der Waals surface area (Å²) >= 11 is 0.